The van der Waals surface area contributed by atoms with Crippen molar-refractivity contribution in [2.24, 2.45) is 0 Å². The van der Waals surface area contributed by atoms with E-state index < -0.39 is 0 Å². The first-order valence-electron chi connectivity index (χ1n) is 10.0. The highest BCUT2D eigenvalue weighted by molar-refractivity contribution is 5.78. The van der Waals surface area contributed by atoms with E-state index in [0.29, 0.717) is 19.5 Å². The first kappa shape index (κ1) is 19.9. The standard InChI is InChI=1S/C23H29N3O2/c1-18(13-14-19-8-3-2-4-9-19)25-23(28)24-16-20-10-5-6-11-21(20)17-26-15-7-12-22(26)27/h2-6,8-11,18H,7,12-17H2,1H3,(H2,24,25,28)/t18-/m1/s1. The molecule has 5 heteroatoms. The molecular weight excluding hydrogens is 350 g/mol. The monoisotopic (exact) mass is 379 g/mol. The number of likely N-dealkylation sites (tertiary alicyclic amines) is 1. The molecule has 2 N–H and O–H groups in total. The fourth-order valence-electron chi connectivity index (χ4n) is 3.51. The predicted molar refractivity (Wildman–Crippen MR) is 111 cm³/mol. The molecule has 2 aromatic carbocycles. The molecule has 0 saturated carbocycles. The molecule has 0 radical (unpaired) electrons. The summed E-state index contributed by atoms with van der Waals surface area (Å²) in [5, 5.41) is 5.96. The van der Waals surface area contributed by atoms with Crippen LogP contribution in [-0.4, -0.2) is 29.4 Å². The molecule has 0 aromatic heterocycles. The minimum absolute atomic E-state index is 0.0951. The number of nitrogens with one attached hydrogen (secondary N) is 2. The number of hydrogen-bond acceptors (Lipinski definition) is 2. The maximum absolute atomic E-state index is 12.3. The number of carbonyl (C=O) groups is 2. The zero-order valence-corrected chi connectivity index (χ0v) is 16.5. The van der Waals surface area contributed by atoms with E-state index >= 15 is 0 Å². The van der Waals surface area contributed by atoms with Crippen LogP contribution in [0.5, 0.6) is 0 Å². The summed E-state index contributed by atoms with van der Waals surface area (Å²) in [7, 11) is 0. The van der Waals surface area contributed by atoms with Crippen LogP contribution in [0.25, 0.3) is 0 Å². The number of nitrogens with zero attached hydrogens (tertiary/aromatic N) is 1. The fourth-order valence-corrected chi connectivity index (χ4v) is 3.51. The van der Waals surface area contributed by atoms with E-state index in [9.17, 15) is 9.59 Å². The van der Waals surface area contributed by atoms with Gasteiger partial charge in [0.2, 0.25) is 5.91 Å². The molecule has 1 aliphatic rings. The van der Waals surface area contributed by atoms with Crippen molar-refractivity contribution in [3.63, 3.8) is 0 Å². The van der Waals surface area contributed by atoms with Crippen LogP contribution >= 0.6 is 0 Å². The molecule has 28 heavy (non-hydrogen) atoms. The highest BCUT2D eigenvalue weighted by Gasteiger charge is 2.21. The third kappa shape index (κ3) is 5.84. The van der Waals surface area contributed by atoms with Gasteiger partial charge >= 0.3 is 6.03 Å². The van der Waals surface area contributed by atoms with Crippen molar-refractivity contribution in [1.82, 2.24) is 15.5 Å². The maximum atomic E-state index is 12.3. The number of amides is 3. The second kappa shape index (κ2) is 9.93. The molecule has 1 heterocycles. The molecule has 0 unspecified atom stereocenters. The molecule has 0 spiro atoms. The zero-order chi connectivity index (χ0) is 19.8. The Morgan fingerprint density at radius 1 is 1.07 bits per heavy atom. The van der Waals surface area contributed by atoms with Crippen LogP contribution in [0.2, 0.25) is 0 Å². The topological polar surface area (TPSA) is 61.4 Å². The minimum Gasteiger partial charge on any atom is -0.338 e. The van der Waals surface area contributed by atoms with Gasteiger partial charge in [-0.1, -0.05) is 54.6 Å². The highest BCUT2D eigenvalue weighted by Crippen LogP contribution is 2.17. The Kier molecular flexibility index (Phi) is 7.06. The molecule has 1 aliphatic heterocycles. The third-order valence-corrected chi connectivity index (χ3v) is 5.18. The van der Waals surface area contributed by atoms with Crippen molar-refractivity contribution in [3.8, 4) is 0 Å². The quantitative estimate of drug-likeness (QED) is 0.736. The summed E-state index contributed by atoms with van der Waals surface area (Å²) in [6, 6.07) is 18.2. The van der Waals surface area contributed by atoms with Crippen LogP contribution in [-0.2, 0) is 24.3 Å². The molecule has 1 fully saturated rings. The van der Waals surface area contributed by atoms with Crippen LogP contribution in [0.1, 0.15) is 42.9 Å². The lowest BCUT2D eigenvalue weighted by Crippen LogP contribution is -2.40. The molecular formula is C23H29N3O2. The number of urea groups is 1. The summed E-state index contributed by atoms with van der Waals surface area (Å²) in [6.45, 7) is 3.91. The van der Waals surface area contributed by atoms with Crippen molar-refractivity contribution >= 4 is 11.9 Å². The van der Waals surface area contributed by atoms with E-state index in [1.165, 1.54) is 5.56 Å². The second-order valence-electron chi connectivity index (χ2n) is 7.44. The van der Waals surface area contributed by atoms with Gasteiger partial charge < -0.3 is 15.5 Å². The fraction of sp³-hybridized carbons (Fsp3) is 0.391. The molecule has 1 saturated heterocycles. The van der Waals surface area contributed by atoms with E-state index in [1.807, 2.05) is 54.3 Å². The number of carbonyl (C=O) groups excluding carboxylic acids is 2. The third-order valence-electron chi connectivity index (χ3n) is 5.18. The van der Waals surface area contributed by atoms with Crippen molar-refractivity contribution in [2.45, 2.75) is 51.7 Å². The predicted octanol–water partition coefficient (Wildman–Crippen LogP) is 3.63. The lowest BCUT2D eigenvalue weighted by molar-refractivity contribution is -0.128. The molecule has 1 atom stereocenters. The Labute approximate surface area is 167 Å². The van der Waals surface area contributed by atoms with Crippen LogP contribution in [0.4, 0.5) is 4.79 Å². The van der Waals surface area contributed by atoms with Gasteiger partial charge in [-0.3, -0.25) is 4.79 Å². The van der Waals surface area contributed by atoms with Gasteiger partial charge in [-0.2, -0.15) is 0 Å². The smallest absolute Gasteiger partial charge is 0.315 e. The van der Waals surface area contributed by atoms with Crippen LogP contribution in [0.3, 0.4) is 0 Å². The summed E-state index contributed by atoms with van der Waals surface area (Å²) >= 11 is 0. The van der Waals surface area contributed by atoms with Gasteiger partial charge in [-0.15, -0.1) is 0 Å². The van der Waals surface area contributed by atoms with E-state index in [0.717, 1.165) is 36.9 Å². The molecule has 148 valence electrons. The normalized spacial score (nSPS) is 14.8. The Balaban J connectivity index is 1.45. The summed E-state index contributed by atoms with van der Waals surface area (Å²) in [5.74, 6) is 0.216. The first-order valence-corrected chi connectivity index (χ1v) is 10.0. The van der Waals surface area contributed by atoms with Gasteiger partial charge in [0.1, 0.15) is 0 Å². The minimum atomic E-state index is -0.160. The molecule has 0 aliphatic carbocycles. The Morgan fingerprint density at radius 2 is 1.79 bits per heavy atom. The van der Waals surface area contributed by atoms with Gasteiger partial charge in [-0.25, -0.2) is 4.79 Å². The average Bonchev–Trinajstić information content (AvgIpc) is 3.11. The Bertz CT molecular complexity index is 791. The number of hydrogen-bond donors (Lipinski definition) is 2. The zero-order valence-electron chi connectivity index (χ0n) is 16.5. The average molecular weight is 380 g/mol. The molecule has 3 rings (SSSR count). The van der Waals surface area contributed by atoms with Crippen LogP contribution in [0, 0.1) is 0 Å². The van der Waals surface area contributed by atoms with Crippen molar-refractivity contribution < 1.29 is 9.59 Å². The largest absolute Gasteiger partial charge is 0.338 e. The van der Waals surface area contributed by atoms with Gasteiger partial charge in [0, 0.05) is 32.1 Å². The van der Waals surface area contributed by atoms with E-state index in [2.05, 4.69) is 22.8 Å². The van der Waals surface area contributed by atoms with Crippen molar-refractivity contribution in [1.29, 1.82) is 0 Å². The van der Waals surface area contributed by atoms with Gasteiger partial charge in [0.25, 0.3) is 0 Å². The van der Waals surface area contributed by atoms with E-state index in [1.54, 1.807) is 0 Å². The van der Waals surface area contributed by atoms with Crippen LogP contribution in [0.15, 0.2) is 54.6 Å². The first-order chi connectivity index (χ1) is 13.6. The van der Waals surface area contributed by atoms with Gasteiger partial charge in [0.05, 0.1) is 0 Å². The molecule has 2 aromatic rings. The summed E-state index contributed by atoms with van der Waals surface area (Å²) in [4.78, 5) is 26.0. The maximum Gasteiger partial charge on any atom is 0.315 e. The van der Waals surface area contributed by atoms with E-state index in [-0.39, 0.29) is 18.0 Å². The van der Waals surface area contributed by atoms with Crippen molar-refractivity contribution in [3.05, 3.63) is 71.3 Å². The van der Waals surface area contributed by atoms with Gasteiger partial charge in [0.15, 0.2) is 0 Å². The van der Waals surface area contributed by atoms with Gasteiger partial charge in [-0.05, 0) is 42.9 Å². The Morgan fingerprint density at radius 3 is 2.50 bits per heavy atom. The van der Waals surface area contributed by atoms with E-state index in [4.69, 9.17) is 0 Å². The van der Waals surface area contributed by atoms with Crippen molar-refractivity contribution in [2.75, 3.05) is 6.54 Å². The summed E-state index contributed by atoms with van der Waals surface area (Å²) < 4.78 is 0. The SMILES string of the molecule is C[C@H](CCc1ccccc1)NC(=O)NCc1ccccc1CN1CCCC1=O. The molecule has 5 nitrogen and oxygen atoms in total. The summed E-state index contributed by atoms with van der Waals surface area (Å²) in [5.41, 5.74) is 3.42. The van der Waals surface area contributed by atoms with Crippen LogP contribution < -0.4 is 10.6 Å². The number of benzene rings is 2. The lowest BCUT2D eigenvalue weighted by Gasteiger charge is -2.19. The second-order valence-corrected chi connectivity index (χ2v) is 7.44. The number of rotatable bonds is 8. The number of aryl methyl sites for hydroxylation is 1. The molecule has 0 bridgehead atoms. The highest BCUT2D eigenvalue weighted by atomic mass is 16.2. The summed E-state index contributed by atoms with van der Waals surface area (Å²) in [6.07, 6.45) is 3.41. The molecule has 3 amide bonds. The lowest BCUT2D eigenvalue weighted by atomic mass is 10.1. The Hall–Kier alpha value is -2.82.